The van der Waals surface area contributed by atoms with E-state index in [1.54, 1.807) is 0 Å². The zero-order chi connectivity index (χ0) is 17.0. The Kier molecular flexibility index (Phi) is 5.84. The molecule has 0 amide bonds. The maximum atomic E-state index is 10.8. The van der Waals surface area contributed by atoms with Crippen molar-refractivity contribution in [3.8, 4) is 0 Å². The van der Waals surface area contributed by atoms with E-state index in [2.05, 4.69) is 19.1 Å². The normalized spacial score (nSPS) is 11.5. The molecule has 0 spiro atoms. The molecule has 0 fully saturated rings. The van der Waals surface area contributed by atoms with E-state index < -0.39 is 30.0 Å². The van der Waals surface area contributed by atoms with Crippen molar-refractivity contribution < 1.29 is 25.9 Å². The Morgan fingerprint density at radius 2 is 1.32 bits per heavy atom. The van der Waals surface area contributed by atoms with Gasteiger partial charge in [-0.3, -0.25) is 9.11 Å². The van der Waals surface area contributed by atoms with Gasteiger partial charge in [-0.15, -0.1) is 0 Å². The van der Waals surface area contributed by atoms with E-state index in [9.17, 15) is 16.8 Å². The lowest BCUT2D eigenvalue weighted by molar-refractivity contribution is 0.480. The Morgan fingerprint density at radius 1 is 0.773 bits per heavy atom. The van der Waals surface area contributed by atoms with Gasteiger partial charge in [0.1, 0.15) is 0 Å². The topological polar surface area (TPSA) is 109 Å². The largest absolute Gasteiger partial charge is 0.294 e. The van der Waals surface area contributed by atoms with Crippen molar-refractivity contribution in [1.29, 1.82) is 0 Å². The van der Waals surface area contributed by atoms with E-state index >= 15 is 0 Å². The zero-order valence-corrected chi connectivity index (χ0v) is 13.6. The summed E-state index contributed by atoms with van der Waals surface area (Å²) in [5.41, 5.74) is 1.51. The predicted molar refractivity (Wildman–Crippen MR) is 82.0 cm³/mol. The monoisotopic (exact) mass is 344 g/mol. The molecule has 8 heteroatoms. The molecule has 2 aromatic rings. The second-order valence-corrected chi connectivity index (χ2v) is 7.34. The van der Waals surface area contributed by atoms with Crippen LogP contribution in [-0.2, 0) is 20.2 Å². The van der Waals surface area contributed by atoms with Crippen LogP contribution < -0.4 is 0 Å². The highest BCUT2D eigenvalue weighted by molar-refractivity contribution is 7.86. The minimum absolute atomic E-state index is 0.185. The minimum Gasteiger partial charge on any atom is -0.282 e. The molecule has 0 atom stereocenters. The molecular weight excluding hydrogens is 328 g/mol. The van der Waals surface area contributed by atoms with E-state index in [-0.39, 0.29) is 5.56 Å². The zero-order valence-electron chi connectivity index (χ0n) is 12.0. The van der Waals surface area contributed by atoms with Crippen LogP contribution in [0.1, 0.15) is 11.1 Å². The summed E-state index contributed by atoms with van der Waals surface area (Å²) in [5.74, 6) is 0. The Hall–Kier alpha value is -1.74. The van der Waals surface area contributed by atoms with E-state index in [4.69, 9.17) is 9.11 Å². The van der Waals surface area contributed by atoms with Crippen molar-refractivity contribution in [1.82, 2.24) is 0 Å². The molecular formula is C14H16O6S2. The first-order chi connectivity index (χ1) is 10.0. The summed E-state index contributed by atoms with van der Waals surface area (Å²) in [6.07, 6.45) is 0. The lowest BCUT2D eigenvalue weighted by Crippen LogP contribution is -2.04. The van der Waals surface area contributed by atoms with E-state index in [0.29, 0.717) is 6.07 Å². The number of aryl methyl sites for hydroxylation is 2. The van der Waals surface area contributed by atoms with Crippen LogP contribution in [0.4, 0.5) is 0 Å². The van der Waals surface area contributed by atoms with Crippen LogP contribution in [-0.4, -0.2) is 25.9 Å². The molecule has 0 aromatic heterocycles. The molecule has 0 bridgehead atoms. The minimum atomic E-state index is -4.49. The summed E-state index contributed by atoms with van der Waals surface area (Å²) in [6.45, 7) is 3.47. The van der Waals surface area contributed by atoms with Crippen molar-refractivity contribution in [2.75, 3.05) is 0 Å². The fraction of sp³-hybridized carbons (Fsp3) is 0.143. The van der Waals surface area contributed by atoms with Crippen molar-refractivity contribution in [3.05, 3.63) is 59.7 Å². The SMILES string of the molecule is Cc1ccc(S(=O)(=O)O)cc1S(=O)(=O)O.Cc1ccccc1. The Bertz CT molecular complexity index is 840. The van der Waals surface area contributed by atoms with Crippen LogP contribution in [0.5, 0.6) is 0 Å². The van der Waals surface area contributed by atoms with Crippen LogP contribution in [0.25, 0.3) is 0 Å². The van der Waals surface area contributed by atoms with Crippen molar-refractivity contribution in [3.63, 3.8) is 0 Å². The molecule has 2 aromatic carbocycles. The van der Waals surface area contributed by atoms with E-state index in [1.807, 2.05) is 18.2 Å². The molecule has 0 saturated carbocycles. The fourth-order valence-electron chi connectivity index (χ4n) is 1.55. The smallest absolute Gasteiger partial charge is 0.282 e. The molecule has 0 unspecified atom stereocenters. The first-order valence-electron chi connectivity index (χ1n) is 6.09. The molecule has 2 rings (SSSR count). The van der Waals surface area contributed by atoms with Gasteiger partial charge in [0.2, 0.25) is 0 Å². The van der Waals surface area contributed by atoms with Gasteiger partial charge in [0.15, 0.2) is 0 Å². The average molecular weight is 344 g/mol. The van der Waals surface area contributed by atoms with Crippen LogP contribution in [0.15, 0.2) is 58.3 Å². The van der Waals surface area contributed by atoms with Crippen LogP contribution in [0.3, 0.4) is 0 Å². The standard InChI is InChI=1S/C7H8O6S2.C7H8/c1-5-2-3-6(14(8,9)10)4-7(5)15(11,12)13;1-7-5-3-2-4-6-7/h2-4H,1H3,(H,8,9,10)(H,11,12,13);2-6H,1H3. The van der Waals surface area contributed by atoms with Crippen LogP contribution in [0.2, 0.25) is 0 Å². The molecule has 120 valence electrons. The highest BCUT2D eigenvalue weighted by Crippen LogP contribution is 2.19. The van der Waals surface area contributed by atoms with Gasteiger partial charge in [0, 0.05) is 0 Å². The van der Waals surface area contributed by atoms with Crippen LogP contribution in [0, 0.1) is 13.8 Å². The predicted octanol–water partition coefficient (Wildman–Crippen LogP) is 2.48. The summed E-state index contributed by atoms with van der Waals surface area (Å²) in [7, 11) is -8.97. The lowest BCUT2D eigenvalue weighted by Gasteiger charge is -2.03. The van der Waals surface area contributed by atoms with Crippen molar-refractivity contribution in [2.24, 2.45) is 0 Å². The third kappa shape index (κ3) is 5.57. The summed E-state index contributed by atoms with van der Waals surface area (Å²) in [4.78, 5) is -1.13. The third-order valence-electron chi connectivity index (χ3n) is 2.68. The number of hydrogen-bond acceptors (Lipinski definition) is 4. The van der Waals surface area contributed by atoms with Gasteiger partial charge in [-0.05, 0) is 31.5 Å². The second-order valence-electron chi connectivity index (χ2n) is 4.53. The molecule has 0 saturated heterocycles. The maximum Gasteiger partial charge on any atom is 0.294 e. The summed E-state index contributed by atoms with van der Waals surface area (Å²) in [6, 6.07) is 13.2. The van der Waals surface area contributed by atoms with Gasteiger partial charge in [-0.2, -0.15) is 16.8 Å². The average Bonchev–Trinajstić information content (AvgIpc) is 2.38. The van der Waals surface area contributed by atoms with Gasteiger partial charge in [-0.25, -0.2) is 0 Å². The highest BCUT2D eigenvalue weighted by Gasteiger charge is 2.18. The Balaban J connectivity index is 0.000000287. The molecule has 2 N–H and O–H groups in total. The van der Waals surface area contributed by atoms with Crippen LogP contribution >= 0.6 is 0 Å². The first-order valence-corrected chi connectivity index (χ1v) is 8.97. The van der Waals surface area contributed by atoms with Gasteiger partial charge < -0.3 is 0 Å². The summed E-state index contributed by atoms with van der Waals surface area (Å²) >= 11 is 0. The highest BCUT2D eigenvalue weighted by atomic mass is 32.2. The molecule has 6 nitrogen and oxygen atoms in total. The molecule has 0 heterocycles. The molecule has 0 radical (unpaired) electrons. The first kappa shape index (κ1) is 18.3. The molecule has 0 aliphatic rings. The number of hydrogen-bond donors (Lipinski definition) is 2. The van der Waals surface area contributed by atoms with Crippen molar-refractivity contribution in [2.45, 2.75) is 23.6 Å². The molecule has 0 aliphatic carbocycles. The molecule has 0 aliphatic heterocycles. The Labute approximate surface area is 129 Å². The second kappa shape index (κ2) is 7.01. The molecule has 22 heavy (non-hydrogen) atoms. The van der Waals surface area contributed by atoms with Gasteiger partial charge in [-0.1, -0.05) is 42.0 Å². The van der Waals surface area contributed by atoms with Crippen molar-refractivity contribution >= 4 is 20.2 Å². The van der Waals surface area contributed by atoms with Gasteiger partial charge in [0.25, 0.3) is 20.2 Å². The Morgan fingerprint density at radius 3 is 1.68 bits per heavy atom. The van der Waals surface area contributed by atoms with E-state index in [0.717, 1.165) is 6.07 Å². The number of benzene rings is 2. The van der Waals surface area contributed by atoms with E-state index in [1.165, 1.54) is 18.6 Å². The number of rotatable bonds is 2. The summed E-state index contributed by atoms with van der Waals surface area (Å²) < 4.78 is 60.5. The quantitative estimate of drug-likeness (QED) is 0.810. The van der Waals surface area contributed by atoms with Gasteiger partial charge in [0.05, 0.1) is 9.79 Å². The lowest BCUT2D eigenvalue weighted by atomic mass is 10.2. The third-order valence-corrected chi connectivity index (χ3v) is 4.52. The van der Waals surface area contributed by atoms with Gasteiger partial charge >= 0.3 is 0 Å². The summed E-state index contributed by atoms with van der Waals surface area (Å²) in [5, 5.41) is 0. The maximum absolute atomic E-state index is 10.8. The fourth-order valence-corrected chi connectivity index (χ4v) is 2.89.